The smallest absolute Gasteiger partial charge is 0.251 e. The molecule has 3 aromatic carbocycles. The molecule has 4 heteroatoms. The average molecular weight is 465 g/mol. The van der Waals surface area contributed by atoms with Crippen molar-refractivity contribution in [2.24, 2.45) is 5.92 Å². The Bertz CT molecular complexity index is 1310. The van der Waals surface area contributed by atoms with Crippen LogP contribution in [0.3, 0.4) is 0 Å². The highest BCUT2D eigenvalue weighted by atomic mass is 16.5. The second-order valence-electron chi connectivity index (χ2n) is 9.32. The molecule has 4 nitrogen and oxygen atoms in total. The van der Waals surface area contributed by atoms with Crippen LogP contribution in [0.5, 0.6) is 5.75 Å². The van der Waals surface area contributed by atoms with Gasteiger partial charge in [0, 0.05) is 29.1 Å². The highest BCUT2D eigenvalue weighted by Crippen LogP contribution is 2.35. The first-order chi connectivity index (χ1) is 17.1. The van der Waals surface area contributed by atoms with Crippen molar-refractivity contribution >= 4 is 5.91 Å². The number of carbonyl (C=O) groups is 1. The third kappa shape index (κ3) is 4.88. The van der Waals surface area contributed by atoms with Gasteiger partial charge in [0.1, 0.15) is 5.75 Å². The van der Waals surface area contributed by atoms with Crippen LogP contribution in [-0.2, 0) is 19.4 Å². The first-order valence-corrected chi connectivity index (χ1v) is 12.5. The largest absolute Gasteiger partial charge is 0.494 e. The van der Waals surface area contributed by atoms with Gasteiger partial charge in [-0.15, -0.1) is 0 Å². The number of amides is 1. The van der Waals surface area contributed by atoms with Gasteiger partial charge in [-0.1, -0.05) is 55.5 Å². The van der Waals surface area contributed by atoms with Crippen LogP contribution in [0.25, 0.3) is 16.9 Å². The number of carbonyl (C=O) groups excluding carboxylic acids is 1. The standard InChI is InChI=1S/C31H32N2O2/c1-3-35-30-12-8-7-11-25(30)21-32-31(34)24-14-16-27(17-15-24)33-28-18-13-22(2)19-26(28)20-29(33)23-9-5-4-6-10-23/h4-12,14-17,20,22H,3,13,18-19,21H2,1-2H3,(H,32,34)/t22-/m0/s1. The lowest BCUT2D eigenvalue weighted by Crippen LogP contribution is -2.23. The minimum absolute atomic E-state index is 0.0884. The normalized spacial score (nSPS) is 14.9. The summed E-state index contributed by atoms with van der Waals surface area (Å²) in [4.78, 5) is 12.9. The molecule has 1 aliphatic rings. The fourth-order valence-corrected chi connectivity index (χ4v) is 5.01. The van der Waals surface area contributed by atoms with Crippen LogP contribution >= 0.6 is 0 Å². The molecular formula is C31H32N2O2. The van der Waals surface area contributed by atoms with Crippen LogP contribution in [0.1, 0.15) is 47.4 Å². The van der Waals surface area contributed by atoms with E-state index in [1.807, 2.05) is 43.3 Å². The molecule has 0 fully saturated rings. The highest BCUT2D eigenvalue weighted by Gasteiger charge is 2.23. The number of hydrogen-bond donors (Lipinski definition) is 1. The molecule has 1 atom stereocenters. The van der Waals surface area contributed by atoms with Crippen molar-refractivity contribution in [2.45, 2.75) is 39.7 Å². The first-order valence-electron chi connectivity index (χ1n) is 12.5. The maximum atomic E-state index is 12.9. The first kappa shape index (κ1) is 23.0. The molecule has 5 rings (SSSR count). The lowest BCUT2D eigenvalue weighted by molar-refractivity contribution is 0.0950. The lowest BCUT2D eigenvalue weighted by atomic mass is 9.89. The second-order valence-corrected chi connectivity index (χ2v) is 9.32. The Morgan fingerprint density at radius 3 is 2.51 bits per heavy atom. The molecule has 1 aromatic heterocycles. The van der Waals surface area contributed by atoms with Crippen LogP contribution in [-0.4, -0.2) is 17.1 Å². The van der Waals surface area contributed by atoms with Gasteiger partial charge in [0.05, 0.1) is 12.3 Å². The van der Waals surface area contributed by atoms with Crippen molar-refractivity contribution in [1.82, 2.24) is 9.88 Å². The Labute approximate surface area is 207 Å². The zero-order valence-corrected chi connectivity index (χ0v) is 20.5. The van der Waals surface area contributed by atoms with Crippen LogP contribution in [0.2, 0.25) is 0 Å². The van der Waals surface area contributed by atoms with Gasteiger partial charge in [-0.2, -0.15) is 0 Å². The molecule has 4 aromatic rings. The van der Waals surface area contributed by atoms with Crippen molar-refractivity contribution in [3.8, 4) is 22.7 Å². The van der Waals surface area contributed by atoms with Crippen LogP contribution in [0, 0.1) is 5.92 Å². The lowest BCUT2D eigenvalue weighted by Gasteiger charge is -2.21. The Hall–Kier alpha value is -3.79. The monoisotopic (exact) mass is 464 g/mol. The fraction of sp³-hybridized carbons (Fsp3) is 0.258. The van der Waals surface area contributed by atoms with Gasteiger partial charge < -0.3 is 14.6 Å². The highest BCUT2D eigenvalue weighted by molar-refractivity contribution is 5.94. The van der Waals surface area contributed by atoms with Crippen molar-refractivity contribution in [3.05, 3.63) is 107 Å². The van der Waals surface area contributed by atoms with Gasteiger partial charge >= 0.3 is 0 Å². The van der Waals surface area contributed by atoms with Crippen molar-refractivity contribution in [2.75, 3.05) is 6.61 Å². The third-order valence-corrected chi connectivity index (χ3v) is 6.80. The summed E-state index contributed by atoms with van der Waals surface area (Å²) in [6.07, 6.45) is 3.39. The predicted octanol–water partition coefficient (Wildman–Crippen LogP) is 6.60. The zero-order valence-electron chi connectivity index (χ0n) is 20.5. The van der Waals surface area contributed by atoms with Crippen molar-refractivity contribution < 1.29 is 9.53 Å². The molecule has 1 N–H and O–H groups in total. The van der Waals surface area contributed by atoms with E-state index in [9.17, 15) is 4.79 Å². The minimum Gasteiger partial charge on any atom is -0.494 e. The van der Waals surface area contributed by atoms with E-state index >= 15 is 0 Å². The van der Waals surface area contributed by atoms with E-state index in [0.717, 1.165) is 29.8 Å². The minimum atomic E-state index is -0.0884. The number of ether oxygens (including phenoxy) is 1. The van der Waals surface area contributed by atoms with E-state index in [0.29, 0.717) is 24.6 Å². The Morgan fingerprint density at radius 1 is 1.00 bits per heavy atom. The number of nitrogens with one attached hydrogen (secondary N) is 1. The topological polar surface area (TPSA) is 43.3 Å². The molecule has 0 aliphatic heterocycles. The SMILES string of the molecule is CCOc1ccccc1CNC(=O)c1ccc(-n2c(-c3ccccc3)cc3c2CC[C@H](C)C3)cc1. The second kappa shape index (κ2) is 10.2. The van der Waals surface area contributed by atoms with Gasteiger partial charge in [-0.05, 0) is 79.6 Å². The molecule has 0 saturated heterocycles. The molecule has 1 heterocycles. The van der Waals surface area contributed by atoms with Crippen LogP contribution in [0.4, 0.5) is 0 Å². The Balaban J connectivity index is 1.40. The maximum absolute atomic E-state index is 12.9. The molecule has 178 valence electrons. The molecular weight excluding hydrogens is 432 g/mol. The summed E-state index contributed by atoms with van der Waals surface area (Å²) in [5, 5.41) is 3.03. The molecule has 0 radical (unpaired) electrons. The molecule has 35 heavy (non-hydrogen) atoms. The molecule has 0 spiro atoms. The molecule has 1 aliphatic carbocycles. The number of hydrogen-bond acceptors (Lipinski definition) is 2. The van der Waals surface area contributed by atoms with E-state index in [1.54, 1.807) is 0 Å². The van der Waals surface area contributed by atoms with Gasteiger partial charge in [-0.25, -0.2) is 0 Å². The van der Waals surface area contributed by atoms with Crippen LogP contribution in [0.15, 0.2) is 84.9 Å². The Kier molecular flexibility index (Phi) is 6.71. The molecule has 0 bridgehead atoms. The van der Waals surface area contributed by atoms with E-state index in [2.05, 4.69) is 65.3 Å². The zero-order chi connectivity index (χ0) is 24.2. The van der Waals surface area contributed by atoms with Crippen molar-refractivity contribution in [3.63, 3.8) is 0 Å². The molecule has 0 unspecified atom stereocenters. The fourth-order valence-electron chi connectivity index (χ4n) is 5.01. The summed E-state index contributed by atoms with van der Waals surface area (Å²) in [7, 11) is 0. The van der Waals surface area contributed by atoms with E-state index in [-0.39, 0.29) is 5.91 Å². The van der Waals surface area contributed by atoms with Gasteiger partial charge in [0.15, 0.2) is 0 Å². The van der Waals surface area contributed by atoms with Gasteiger partial charge in [-0.3, -0.25) is 4.79 Å². The van der Waals surface area contributed by atoms with Crippen molar-refractivity contribution in [1.29, 1.82) is 0 Å². The van der Waals surface area contributed by atoms with Gasteiger partial charge in [0.25, 0.3) is 5.91 Å². The predicted molar refractivity (Wildman–Crippen MR) is 141 cm³/mol. The number of rotatable bonds is 7. The maximum Gasteiger partial charge on any atom is 0.251 e. The van der Waals surface area contributed by atoms with Gasteiger partial charge in [0.2, 0.25) is 0 Å². The van der Waals surface area contributed by atoms with Crippen LogP contribution < -0.4 is 10.1 Å². The van der Waals surface area contributed by atoms with E-state index in [1.165, 1.54) is 28.9 Å². The van der Waals surface area contributed by atoms with E-state index in [4.69, 9.17) is 4.74 Å². The quantitative estimate of drug-likeness (QED) is 0.335. The summed E-state index contributed by atoms with van der Waals surface area (Å²) in [6.45, 7) is 5.32. The summed E-state index contributed by atoms with van der Waals surface area (Å²) >= 11 is 0. The number of para-hydroxylation sites is 1. The molecule has 1 amide bonds. The Morgan fingerprint density at radius 2 is 1.74 bits per heavy atom. The summed E-state index contributed by atoms with van der Waals surface area (Å²) in [5.41, 5.74) is 7.99. The molecule has 0 saturated carbocycles. The average Bonchev–Trinajstić information content (AvgIpc) is 3.27. The number of nitrogens with zero attached hydrogens (tertiary/aromatic N) is 1. The number of benzene rings is 3. The number of fused-ring (bicyclic) bond motifs is 1. The van der Waals surface area contributed by atoms with E-state index < -0.39 is 0 Å². The summed E-state index contributed by atoms with van der Waals surface area (Å²) in [5.74, 6) is 1.43. The summed E-state index contributed by atoms with van der Waals surface area (Å²) in [6, 6.07) is 28.7. The summed E-state index contributed by atoms with van der Waals surface area (Å²) < 4.78 is 8.06. The third-order valence-electron chi connectivity index (χ3n) is 6.80. The number of aromatic nitrogens is 1.